The van der Waals surface area contributed by atoms with Gasteiger partial charge in [0.1, 0.15) is 0 Å². The molecule has 0 saturated heterocycles. The molecule has 0 aliphatic rings. The molecule has 0 radical (unpaired) electrons. The van der Waals surface area contributed by atoms with Gasteiger partial charge in [0.15, 0.2) is 5.82 Å². The molecule has 6 aromatic heterocycles. The Hall–Kier alpha value is -16.4. The molecule has 0 aliphatic carbocycles. The van der Waals surface area contributed by atoms with Gasteiger partial charge in [0.25, 0.3) is 0 Å². The molecule has 564 valence electrons. The smallest absolute Gasteiger partial charge is 0.160 e. The lowest BCUT2D eigenvalue weighted by atomic mass is 9.92. The molecule has 0 N–H and O–H groups in total. The van der Waals surface area contributed by atoms with Crippen LogP contribution in [0.2, 0.25) is 0 Å². The minimum Gasteiger partial charge on any atom is -0.309 e. The van der Waals surface area contributed by atoms with Crippen molar-refractivity contribution in [3.05, 3.63) is 431 Å². The summed E-state index contributed by atoms with van der Waals surface area (Å²) in [4.78, 5) is 43.6. The van der Waals surface area contributed by atoms with Crippen LogP contribution in [-0.2, 0) is 0 Å². The first kappa shape index (κ1) is 71.2. The van der Waals surface area contributed by atoms with Crippen molar-refractivity contribution in [3.63, 3.8) is 0 Å². The third-order valence-corrected chi connectivity index (χ3v) is 23.0. The Morgan fingerprint density at radius 2 is 0.479 bits per heavy atom. The van der Waals surface area contributed by atoms with E-state index in [0.29, 0.717) is 5.82 Å². The van der Waals surface area contributed by atoms with E-state index in [2.05, 4.69) is 362 Å². The fourth-order valence-electron chi connectivity index (χ4n) is 17.3. The van der Waals surface area contributed by atoms with Crippen LogP contribution in [0.4, 0.5) is 0 Å². The SMILES string of the molecule is c1ccc(-c2cc(-c3cccc(-c4nc5ccccc5c5c4cc(-c4ccccc4)c4nc(-c6ccccc6)c(-c6ccccc6)nc45)c3)nc(-c3ccccc3)n2)cc1.c1ccc(-c2nc3c(-c4ccccc4)cc4c(-c5cccc(-c6ccc(-n7c8ccccc8c8ccccc87)cc6)c5)nc5ccccc5c4c3nc2-c2ccccc2)cc1. The Kier molecular flexibility index (Phi) is 18.1. The summed E-state index contributed by atoms with van der Waals surface area (Å²) in [7, 11) is 0. The number of pyridine rings is 2. The molecule has 6 heterocycles. The van der Waals surface area contributed by atoms with E-state index in [1.165, 1.54) is 21.8 Å². The van der Waals surface area contributed by atoms with Gasteiger partial charge < -0.3 is 4.57 Å². The van der Waals surface area contributed by atoms with E-state index in [9.17, 15) is 0 Å². The normalized spacial score (nSPS) is 11.5. The van der Waals surface area contributed by atoms with Gasteiger partial charge in [0, 0.05) is 110 Å². The summed E-state index contributed by atoms with van der Waals surface area (Å²) >= 11 is 0. The number of hydrogen-bond donors (Lipinski definition) is 0. The average molecular weight is 1540 g/mol. The topological polar surface area (TPSA) is 108 Å². The fourth-order valence-corrected chi connectivity index (χ4v) is 17.3. The van der Waals surface area contributed by atoms with E-state index in [4.69, 9.17) is 39.9 Å². The van der Waals surface area contributed by atoms with Gasteiger partial charge in [-0.25, -0.2) is 39.9 Å². The molecular weight excluding hydrogens is 1470 g/mol. The number of rotatable bonds is 13. The predicted molar refractivity (Wildman–Crippen MR) is 500 cm³/mol. The maximum Gasteiger partial charge on any atom is 0.160 e. The summed E-state index contributed by atoms with van der Waals surface area (Å²) in [6, 6.07) is 150. The maximum atomic E-state index is 5.66. The Balaban J connectivity index is 0.000000145. The number of aromatic nitrogens is 9. The molecule has 0 aliphatic heterocycles. The van der Waals surface area contributed by atoms with Crippen molar-refractivity contribution >= 4 is 87.2 Å². The molecule has 17 aromatic carbocycles. The zero-order valence-electron chi connectivity index (χ0n) is 65.5. The minimum absolute atomic E-state index is 0.674. The van der Waals surface area contributed by atoms with Crippen molar-refractivity contribution in [2.45, 2.75) is 0 Å². The van der Waals surface area contributed by atoms with Crippen molar-refractivity contribution in [3.8, 4) is 141 Å². The van der Waals surface area contributed by atoms with E-state index >= 15 is 0 Å². The zero-order chi connectivity index (χ0) is 80.1. The summed E-state index contributed by atoms with van der Waals surface area (Å²) in [6.07, 6.45) is 0. The molecular formula is C112H71N9. The molecule has 0 spiro atoms. The fraction of sp³-hybridized carbons (Fsp3) is 0. The number of benzene rings is 17. The highest BCUT2D eigenvalue weighted by atomic mass is 15.0. The van der Waals surface area contributed by atoms with Crippen LogP contribution in [0.5, 0.6) is 0 Å². The average Bonchev–Trinajstić information content (AvgIpc) is 1.35. The molecule has 9 nitrogen and oxygen atoms in total. The lowest BCUT2D eigenvalue weighted by Gasteiger charge is -2.18. The summed E-state index contributed by atoms with van der Waals surface area (Å²) in [6.45, 7) is 0. The van der Waals surface area contributed by atoms with Gasteiger partial charge in [-0.15, -0.1) is 0 Å². The summed E-state index contributed by atoms with van der Waals surface area (Å²) in [5.41, 5.74) is 31.0. The maximum absolute atomic E-state index is 5.66. The van der Waals surface area contributed by atoms with Crippen LogP contribution in [0.15, 0.2) is 431 Å². The first-order valence-corrected chi connectivity index (χ1v) is 40.8. The highest BCUT2D eigenvalue weighted by molar-refractivity contribution is 6.26. The predicted octanol–water partition coefficient (Wildman–Crippen LogP) is 28.6. The van der Waals surface area contributed by atoms with Crippen molar-refractivity contribution < 1.29 is 0 Å². The summed E-state index contributed by atoms with van der Waals surface area (Å²) in [5.74, 6) is 0.674. The second-order valence-electron chi connectivity index (χ2n) is 30.4. The van der Waals surface area contributed by atoms with Crippen LogP contribution in [0.25, 0.3) is 228 Å². The van der Waals surface area contributed by atoms with Crippen LogP contribution in [0.1, 0.15) is 0 Å². The molecule has 0 unspecified atom stereocenters. The number of nitrogens with zero attached hydrogens (tertiary/aromatic N) is 9. The minimum atomic E-state index is 0.674. The quantitative estimate of drug-likeness (QED) is 0.105. The van der Waals surface area contributed by atoms with Crippen LogP contribution in [-0.4, -0.2) is 44.4 Å². The van der Waals surface area contributed by atoms with Gasteiger partial charge in [-0.2, -0.15) is 0 Å². The lowest BCUT2D eigenvalue weighted by molar-refractivity contribution is 1.18. The van der Waals surface area contributed by atoms with Crippen molar-refractivity contribution in [1.82, 2.24) is 44.4 Å². The first-order chi connectivity index (χ1) is 60.0. The van der Waals surface area contributed by atoms with Gasteiger partial charge in [0.05, 0.1) is 89.7 Å². The number of fused-ring (bicyclic) bond motifs is 13. The third kappa shape index (κ3) is 13.1. The standard InChI is InChI=1S/C57H36N4.C55H35N5/c1-4-17-38(18-5-1)47-36-48-52(57-56(47)59-54(39-19-6-2-7-20-39)55(60-57)40-21-8-3-9-22-40)46-27-10-13-28-49(46)58-53(48)42-24-16-23-41(35-42)37-31-33-43(34-32-37)61-50-29-14-11-25-44(50)45-26-12-15-30-51(45)61;1-6-19-36(20-7-1)44-34-45-49(54-53(44)59-51(38-23-10-3-11-24-38)52(60-54)39-25-12-4-13-26-39)43-31-16-17-32-46(43)56-50(45)42-30-18-29-41(33-42)48-35-47(37-21-8-2-9-22-37)57-55(58-48)40-27-14-5-15-28-40/h1-36H;1-35H. The van der Waals surface area contributed by atoms with Crippen LogP contribution in [0.3, 0.4) is 0 Å². The molecule has 23 rings (SSSR count). The molecule has 0 fully saturated rings. The van der Waals surface area contributed by atoms with Crippen LogP contribution >= 0.6 is 0 Å². The zero-order valence-corrected chi connectivity index (χ0v) is 65.5. The van der Waals surface area contributed by atoms with Crippen molar-refractivity contribution in [2.75, 3.05) is 0 Å². The van der Waals surface area contributed by atoms with E-state index in [0.717, 1.165) is 200 Å². The summed E-state index contributed by atoms with van der Waals surface area (Å²) < 4.78 is 2.36. The van der Waals surface area contributed by atoms with Crippen LogP contribution in [0, 0.1) is 0 Å². The van der Waals surface area contributed by atoms with E-state index in [1.807, 2.05) is 72.8 Å². The van der Waals surface area contributed by atoms with Gasteiger partial charge in [-0.1, -0.05) is 364 Å². The Labute approximate surface area is 698 Å². The Bertz CT molecular complexity index is 7780. The molecule has 121 heavy (non-hydrogen) atoms. The third-order valence-electron chi connectivity index (χ3n) is 23.0. The summed E-state index contributed by atoms with van der Waals surface area (Å²) in [5, 5.41) is 8.66. The van der Waals surface area contributed by atoms with Gasteiger partial charge in [-0.05, 0) is 89.0 Å². The Morgan fingerprint density at radius 3 is 0.901 bits per heavy atom. The van der Waals surface area contributed by atoms with Gasteiger partial charge in [0.2, 0.25) is 0 Å². The molecule has 0 saturated carbocycles. The molecule has 0 atom stereocenters. The lowest BCUT2D eigenvalue weighted by Crippen LogP contribution is -2.00. The number of hydrogen-bond acceptors (Lipinski definition) is 8. The molecule has 0 bridgehead atoms. The first-order valence-electron chi connectivity index (χ1n) is 40.8. The molecule has 23 aromatic rings. The monoisotopic (exact) mass is 1540 g/mol. The molecule has 0 amide bonds. The largest absolute Gasteiger partial charge is 0.309 e. The molecule has 9 heteroatoms. The van der Waals surface area contributed by atoms with Crippen LogP contribution < -0.4 is 0 Å². The van der Waals surface area contributed by atoms with Gasteiger partial charge in [-0.3, -0.25) is 0 Å². The van der Waals surface area contributed by atoms with Crippen molar-refractivity contribution in [1.29, 1.82) is 0 Å². The highest BCUT2D eigenvalue weighted by Gasteiger charge is 2.26. The van der Waals surface area contributed by atoms with E-state index in [1.54, 1.807) is 0 Å². The van der Waals surface area contributed by atoms with Crippen molar-refractivity contribution in [2.24, 2.45) is 0 Å². The van der Waals surface area contributed by atoms with Gasteiger partial charge >= 0.3 is 0 Å². The Morgan fingerprint density at radius 1 is 0.165 bits per heavy atom. The van der Waals surface area contributed by atoms with E-state index in [-0.39, 0.29) is 0 Å². The number of para-hydroxylation sites is 4. The second-order valence-corrected chi connectivity index (χ2v) is 30.4. The highest BCUT2D eigenvalue weighted by Crippen LogP contribution is 2.47. The van der Waals surface area contributed by atoms with E-state index < -0.39 is 0 Å². The second kappa shape index (κ2) is 30.7.